The van der Waals surface area contributed by atoms with Crippen LogP contribution in [0.1, 0.15) is 22.8 Å². The predicted octanol–water partition coefficient (Wildman–Crippen LogP) is 2.06. The molecule has 0 radical (unpaired) electrons. The highest BCUT2D eigenvalue weighted by Gasteiger charge is 2.24. The van der Waals surface area contributed by atoms with Gasteiger partial charge in [-0.1, -0.05) is 30.3 Å². The van der Waals surface area contributed by atoms with Crippen molar-refractivity contribution in [1.29, 1.82) is 0 Å². The molecule has 0 atom stereocenters. The van der Waals surface area contributed by atoms with Crippen molar-refractivity contribution in [3.05, 3.63) is 65.7 Å². The second kappa shape index (κ2) is 9.67. The lowest BCUT2D eigenvalue weighted by molar-refractivity contribution is -0.131. The Labute approximate surface area is 172 Å². The standard InChI is InChI=1S/C21H27N3O4S/c1-5-24(15-17-11-13-18(14-12-17)21(26)22(2)3)20(25)16-23(4)29(27,28)19-9-7-6-8-10-19/h6-14H,5,15-16H2,1-4H3. The van der Waals surface area contributed by atoms with E-state index in [1.807, 2.05) is 6.92 Å². The number of hydrogen-bond acceptors (Lipinski definition) is 4. The van der Waals surface area contributed by atoms with Crippen molar-refractivity contribution in [2.45, 2.75) is 18.4 Å². The van der Waals surface area contributed by atoms with Crippen molar-refractivity contribution < 1.29 is 18.0 Å². The highest BCUT2D eigenvalue weighted by molar-refractivity contribution is 7.89. The van der Waals surface area contributed by atoms with E-state index in [4.69, 9.17) is 0 Å². The second-order valence-corrected chi connectivity index (χ2v) is 8.92. The van der Waals surface area contributed by atoms with Crippen molar-refractivity contribution in [2.75, 3.05) is 34.2 Å². The molecule has 0 aromatic heterocycles. The molecule has 0 spiro atoms. The topological polar surface area (TPSA) is 78.0 Å². The first kappa shape index (κ1) is 22.6. The van der Waals surface area contributed by atoms with Gasteiger partial charge < -0.3 is 9.80 Å². The van der Waals surface area contributed by atoms with E-state index in [9.17, 15) is 18.0 Å². The van der Waals surface area contributed by atoms with Gasteiger partial charge in [0.1, 0.15) is 0 Å². The number of hydrogen-bond donors (Lipinski definition) is 0. The molecule has 0 heterocycles. The number of benzene rings is 2. The Morgan fingerprint density at radius 3 is 2.00 bits per heavy atom. The molecule has 0 saturated carbocycles. The van der Waals surface area contributed by atoms with Gasteiger partial charge in [-0.15, -0.1) is 0 Å². The molecule has 8 heteroatoms. The summed E-state index contributed by atoms with van der Waals surface area (Å²) < 4.78 is 26.3. The van der Waals surface area contributed by atoms with Crippen LogP contribution in [0.5, 0.6) is 0 Å². The van der Waals surface area contributed by atoms with E-state index in [-0.39, 0.29) is 23.3 Å². The molecule has 7 nitrogen and oxygen atoms in total. The first-order valence-corrected chi connectivity index (χ1v) is 10.7. The van der Waals surface area contributed by atoms with Crippen LogP contribution >= 0.6 is 0 Å². The fraction of sp³-hybridized carbons (Fsp3) is 0.333. The molecule has 2 aromatic carbocycles. The third kappa shape index (κ3) is 5.65. The summed E-state index contributed by atoms with van der Waals surface area (Å²) in [5.41, 5.74) is 1.44. The quantitative estimate of drug-likeness (QED) is 0.659. The van der Waals surface area contributed by atoms with Gasteiger partial charge in [0.25, 0.3) is 5.91 Å². The minimum Gasteiger partial charge on any atom is -0.345 e. The minimum atomic E-state index is -3.73. The summed E-state index contributed by atoms with van der Waals surface area (Å²) in [5, 5.41) is 0. The summed E-state index contributed by atoms with van der Waals surface area (Å²) in [7, 11) is 1.05. The lowest BCUT2D eigenvalue weighted by atomic mass is 10.1. The summed E-state index contributed by atoms with van der Waals surface area (Å²) in [6.45, 7) is 2.37. The number of carbonyl (C=O) groups excluding carboxylic acids is 2. The molecule has 0 aliphatic rings. The zero-order valence-electron chi connectivity index (χ0n) is 17.2. The molecule has 2 aromatic rings. The zero-order chi connectivity index (χ0) is 21.6. The van der Waals surface area contributed by atoms with Crippen molar-refractivity contribution in [3.8, 4) is 0 Å². The Morgan fingerprint density at radius 1 is 0.897 bits per heavy atom. The van der Waals surface area contributed by atoms with E-state index in [1.165, 1.54) is 24.1 Å². The Bertz CT molecular complexity index is 942. The molecule has 29 heavy (non-hydrogen) atoms. The molecule has 0 N–H and O–H groups in total. The molecule has 156 valence electrons. The van der Waals surface area contributed by atoms with Crippen LogP contribution in [0.15, 0.2) is 59.5 Å². The average Bonchev–Trinajstić information content (AvgIpc) is 2.72. The molecule has 0 saturated heterocycles. The van der Waals surface area contributed by atoms with E-state index >= 15 is 0 Å². The molecule has 0 fully saturated rings. The van der Waals surface area contributed by atoms with E-state index < -0.39 is 10.0 Å². The predicted molar refractivity (Wildman–Crippen MR) is 112 cm³/mol. The van der Waals surface area contributed by atoms with Gasteiger partial charge in [0.15, 0.2) is 0 Å². The SMILES string of the molecule is CCN(Cc1ccc(C(=O)N(C)C)cc1)C(=O)CN(C)S(=O)(=O)c1ccccc1. The number of nitrogens with zero attached hydrogens (tertiary/aromatic N) is 3. The Morgan fingerprint density at radius 2 is 1.48 bits per heavy atom. The number of sulfonamides is 1. The van der Waals surface area contributed by atoms with Crippen LogP contribution in [-0.4, -0.2) is 68.6 Å². The lowest BCUT2D eigenvalue weighted by Gasteiger charge is -2.24. The van der Waals surface area contributed by atoms with Crippen LogP contribution in [0, 0.1) is 0 Å². The first-order valence-electron chi connectivity index (χ1n) is 9.26. The van der Waals surface area contributed by atoms with Gasteiger partial charge in [-0.2, -0.15) is 4.31 Å². The Hall–Kier alpha value is -2.71. The smallest absolute Gasteiger partial charge is 0.253 e. The summed E-state index contributed by atoms with van der Waals surface area (Å²) >= 11 is 0. The average molecular weight is 418 g/mol. The number of amides is 2. The largest absolute Gasteiger partial charge is 0.345 e. The van der Waals surface area contributed by atoms with Gasteiger partial charge >= 0.3 is 0 Å². The van der Waals surface area contributed by atoms with E-state index in [1.54, 1.807) is 61.5 Å². The van der Waals surface area contributed by atoms with Crippen LogP contribution in [0.3, 0.4) is 0 Å². The van der Waals surface area contributed by atoms with Crippen LogP contribution in [-0.2, 0) is 21.4 Å². The maximum absolute atomic E-state index is 12.7. The maximum atomic E-state index is 12.7. The summed E-state index contributed by atoms with van der Waals surface area (Å²) in [4.78, 5) is 27.9. The third-order valence-electron chi connectivity index (χ3n) is 4.52. The maximum Gasteiger partial charge on any atom is 0.253 e. The summed E-state index contributed by atoms with van der Waals surface area (Å²) in [6.07, 6.45) is 0. The van der Waals surface area contributed by atoms with E-state index in [2.05, 4.69) is 0 Å². The monoisotopic (exact) mass is 417 g/mol. The van der Waals surface area contributed by atoms with Gasteiger partial charge in [0.2, 0.25) is 15.9 Å². The van der Waals surface area contributed by atoms with Crippen molar-refractivity contribution >= 4 is 21.8 Å². The molecule has 0 aliphatic heterocycles. The molecular weight excluding hydrogens is 390 g/mol. The Balaban J connectivity index is 2.06. The third-order valence-corrected chi connectivity index (χ3v) is 6.34. The number of carbonyl (C=O) groups is 2. The molecule has 2 rings (SSSR count). The van der Waals surface area contributed by atoms with E-state index in [0.29, 0.717) is 18.7 Å². The van der Waals surface area contributed by atoms with Crippen LogP contribution in [0.2, 0.25) is 0 Å². The fourth-order valence-electron chi connectivity index (χ4n) is 2.76. The normalized spacial score (nSPS) is 11.3. The van der Waals surface area contributed by atoms with Gasteiger partial charge in [-0.3, -0.25) is 9.59 Å². The highest BCUT2D eigenvalue weighted by Crippen LogP contribution is 2.14. The lowest BCUT2D eigenvalue weighted by Crippen LogP contribution is -2.40. The van der Waals surface area contributed by atoms with Crippen LogP contribution in [0.25, 0.3) is 0 Å². The molecule has 0 bridgehead atoms. The van der Waals surface area contributed by atoms with Crippen LogP contribution in [0.4, 0.5) is 0 Å². The van der Waals surface area contributed by atoms with Crippen molar-refractivity contribution in [2.24, 2.45) is 0 Å². The molecule has 0 aliphatic carbocycles. The molecule has 2 amide bonds. The first-order chi connectivity index (χ1) is 13.7. The number of likely N-dealkylation sites (N-methyl/N-ethyl adjacent to an activating group) is 2. The second-order valence-electron chi connectivity index (χ2n) is 6.88. The van der Waals surface area contributed by atoms with Gasteiger partial charge in [-0.05, 0) is 36.8 Å². The molecule has 0 unspecified atom stereocenters. The van der Waals surface area contributed by atoms with Gasteiger partial charge in [0.05, 0.1) is 11.4 Å². The van der Waals surface area contributed by atoms with Crippen molar-refractivity contribution in [3.63, 3.8) is 0 Å². The summed E-state index contributed by atoms with van der Waals surface area (Å²) in [6, 6.07) is 15.1. The van der Waals surface area contributed by atoms with E-state index in [0.717, 1.165) is 9.87 Å². The van der Waals surface area contributed by atoms with Crippen LogP contribution < -0.4 is 0 Å². The number of rotatable bonds is 8. The zero-order valence-corrected chi connectivity index (χ0v) is 18.0. The summed E-state index contributed by atoms with van der Waals surface area (Å²) in [5.74, 6) is -0.379. The highest BCUT2D eigenvalue weighted by atomic mass is 32.2. The van der Waals surface area contributed by atoms with Crippen molar-refractivity contribution in [1.82, 2.24) is 14.1 Å². The molecular formula is C21H27N3O4S. The minimum absolute atomic E-state index is 0.0901. The Kier molecular flexibility index (Phi) is 7.53. The van der Waals surface area contributed by atoms with Gasteiger partial charge in [-0.25, -0.2) is 8.42 Å². The van der Waals surface area contributed by atoms with Gasteiger partial charge in [0, 0.05) is 39.8 Å². The fourth-order valence-corrected chi connectivity index (χ4v) is 3.90.